The minimum Gasteiger partial charge on any atom is -0.461 e. The van der Waals surface area contributed by atoms with Crippen LogP contribution < -0.4 is 0 Å². The molecule has 0 fully saturated rings. The molecule has 16 heavy (non-hydrogen) atoms. The van der Waals surface area contributed by atoms with Gasteiger partial charge >= 0.3 is 5.97 Å². The van der Waals surface area contributed by atoms with Crippen molar-refractivity contribution >= 4 is 5.97 Å². The van der Waals surface area contributed by atoms with E-state index in [-0.39, 0.29) is 12.2 Å². The molecule has 0 aliphatic rings. The van der Waals surface area contributed by atoms with Crippen molar-refractivity contribution in [2.45, 2.75) is 0 Å². The summed E-state index contributed by atoms with van der Waals surface area (Å²) in [7, 11) is 3.68. The van der Waals surface area contributed by atoms with E-state index in [1.807, 2.05) is 19.0 Å². The van der Waals surface area contributed by atoms with Gasteiger partial charge in [0.15, 0.2) is 11.6 Å². The van der Waals surface area contributed by atoms with Crippen molar-refractivity contribution in [1.82, 2.24) is 4.90 Å². The first-order chi connectivity index (χ1) is 7.50. The highest BCUT2D eigenvalue weighted by molar-refractivity contribution is 5.89. The van der Waals surface area contributed by atoms with E-state index in [0.717, 1.165) is 12.1 Å². The predicted molar refractivity (Wildman–Crippen MR) is 55.2 cm³/mol. The summed E-state index contributed by atoms with van der Waals surface area (Å²) in [6.07, 6.45) is 0. The average Bonchev–Trinajstić information content (AvgIpc) is 2.21. The molecule has 0 saturated carbocycles. The second kappa shape index (κ2) is 5.55. The lowest BCUT2D eigenvalue weighted by Gasteiger charge is -2.09. The highest BCUT2D eigenvalue weighted by Gasteiger charge is 2.10. The fourth-order valence-electron chi connectivity index (χ4n) is 1.03. The second-order valence-electron chi connectivity index (χ2n) is 3.57. The zero-order valence-corrected chi connectivity index (χ0v) is 9.17. The zero-order valence-electron chi connectivity index (χ0n) is 9.17. The molecule has 0 aliphatic heterocycles. The fraction of sp³-hybridized carbons (Fsp3) is 0.364. The summed E-state index contributed by atoms with van der Waals surface area (Å²) in [5, 5.41) is 0. The Kier molecular flexibility index (Phi) is 4.37. The topological polar surface area (TPSA) is 29.5 Å². The van der Waals surface area contributed by atoms with Crippen LogP contribution in [0.2, 0.25) is 0 Å². The number of benzene rings is 1. The van der Waals surface area contributed by atoms with Gasteiger partial charge in [-0.25, -0.2) is 13.6 Å². The van der Waals surface area contributed by atoms with E-state index in [1.165, 1.54) is 6.07 Å². The first-order valence-electron chi connectivity index (χ1n) is 4.77. The van der Waals surface area contributed by atoms with Crippen molar-refractivity contribution in [3.8, 4) is 0 Å². The minimum absolute atomic E-state index is 0.0117. The molecule has 0 unspecified atom stereocenters. The van der Waals surface area contributed by atoms with E-state index < -0.39 is 17.6 Å². The van der Waals surface area contributed by atoms with E-state index >= 15 is 0 Å². The van der Waals surface area contributed by atoms with E-state index in [4.69, 9.17) is 4.74 Å². The van der Waals surface area contributed by atoms with E-state index in [1.54, 1.807) is 0 Å². The monoisotopic (exact) mass is 229 g/mol. The number of carbonyl (C=O) groups excluding carboxylic acids is 1. The largest absolute Gasteiger partial charge is 0.461 e. The van der Waals surface area contributed by atoms with E-state index in [0.29, 0.717) is 6.54 Å². The fourth-order valence-corrected chi connectivity index (χ4v) is 1.03. The summed E-state index contributed by atoms with van der Waals surface area (Å²) in [5.74, 6) is -2.69. The average molecular weight is 229 g/mol. The van der Waals surface area contributed by atoms with Gasteiger partial charge in [-0.2, -0.15) is 0 Å². The van der Waals surface area contributed by atoms with Crippen molar-refractivity contribution < 1.29 is 18.3 Å². The summed E-state index contributed by atoms with van der Waals surface area (Å²) in [6, 6.07) is 2.92. The molecule has 5 heteroatoms. The molecule has 1 rings (SSSR count). The highest BCUT2D eigenvalue weighted by atomic mass is 19.2. The van der Waals surface area contributed by atoms with Gasteiger partial charge in [-0.15, -0.1) is 0 Å². The van der Waals surface area contributed by atoms with Gasteiger partial charge in [0.25, 0.3) is 0 Å². The van der Waals surface area contributed by atoms with Gasteiger partial charge in [0.2, 0.25) is 0 Å². The summed E-state index contributed by atoms with van der Waals surface area (Å²) < 4.78 is 30.2. The number of hydrogen-bond acceptors (Lipinski definition) is 3. The normalized spacial score (nSPS) is 10.6. The molecule has 0 aliphatic carbocycles. The SMILES string of the molecule is CN(C)CCOC(=O)c1ccc(F)c(F)c1. The van der Waals surface area contributed by atoms with Gasteiger partial charge in [-0.05, 0) is 32.3 Å². The molecule has 0 N–H and O–H groups in total. The Balaban J connectivity index is 2.56. The Morgan fingerprint density at radius 1 is 1.31 bits per heavy atom. The van der Waals surface area contributed by atoms with Crippen molar-refractivity contribution in [1.29, 1.82) is 0 Å². The predicted octanol–water partition coefficient (Wildman–Crippen LogP) is 1.68. The third-order valence-electron chi connectivity index (χ3n) is 1.93. The number of ether oxygens (including phenoxy) is 1. The molecule has 0 radical (unpaired) electrons. The molecule has 0 aromatic heterocycles. The van der Waals surface area contributed by atoms with Crippen LogP contribution in [0.1, 0.15) is 10.4 Å². The van der Waals surface area contributed by atoms with E-state index in [2.05, 4.69) is 0 Å². The summed E-state index contributed by atoms with van der Waals surface area (Å²) in [5.41, 5.74) is 0.0117. The molecule has 1 aromatic carbocycles. The molecule has 0 amide bonds. The van der Waals surface area contributed by atoms with Crippen LogP contribution in [-0.4, -0.2) is 38.1 Å². The lowest BCUT2D eigenvalue weighted by Crippen LogP contribution is -2.20. The number of rotatable bonds is 4. The lowest BCUT2D eigenvalue weighted by molar-refractivity contribution is 0.0481. The molecule has 1 aromatic rings. The smallest absolute Gasteiger partial charge is 0.338 e. The van der Waals surface area contributed by atoms with Crippen LogP contribution in [0.15, 0.2) is 18.2 Å². The molecule has 0 bridgehead atoms. The molecular formula is C11H13F2NO2. The summed E-state index contributed by atoms with van der Waals surface area (Å²) in [6.45, 7) is 0.792. The number of nitrogens with zero attached hydrogens (tertiary/aromatic N) is 1. The Morgan fingerprint density at radius 3 is 2.56 bits per heavy atom. The van der Waals surface area contributed by atoms with Gasteiger partial charge in [-0.3, -0.25) is 0 Å². The molecular weight excluding hydrogens is 216 g/mol. The number of carbonyl (C=O) groups is 1. The maximum Gasteiger partial charge on any atom is 0.338 e. The van der Waals surface area contributed by atoms with Crippen molar-refractivity contribution in [3.63, 3.8) is 0 Å². The standard InChI is InChI=1S/C11H13F2NO2/c1-14(2)5-6-16-11(15)8-3-4-9(12)10(13)7-8/h3-4,7H,5-6H2,1-2H3. The Hall–Kier alpha value is -1.49. The Morgan fingerprint density at radius 2 is 2.00 bits per heavy atom. The van der Waals surface area contributed by atoms with Gasteiger partial charge in [0.1, 0.15) is 6.61 Å². The van der Waals surface area contributed by atoms with Crippen molar-refractivity contribution in [2.75, 3.05) is 27.2 Å². The van der Waals surface area contributed by atoms with Crippen LogP contribution >= 0.6 is 0 Å². The van der Waals surface area contributed by atoms with E-state index in [9.17, 15) is 13.6 Å². The first-order valence-corrected chi connectivity index (χ1v) is 4.77. The maximum atomic E-state index is 12.8. The lowest BCUT2D eigenvalue weighted by atomic mass is 10.2. The van der Waals surface area contributed by atoms with Crippen LogP contribution in [0, 0.1) is 11.6 Å². The molecule has 0 saturated heterocycles. The molecule has 0 heterocycles. The molecule has 3 nitrogen and oxygen atoms in total. The quantitative estimate of drug-likeness (QED) is 0.736. The van der Waals surface area contributed by atoms with Crippen molar-refractivity contribution in [3.05, 3.63) is 35.4 Å². The zero-order chi connectivity index (χ0) is 12.1. The number of likely N-dealkylation sites (N-methyl/N-ethyl adjacent to an activating group) is 1. The summed E-state index contributed by atoms with van der Waals surface area (Å²) >= 11 is 0. The van der Waals surface area contributed by atoms with Gasteiger partial charge in [0, 0.05) is 6.54 Å². The number of halogens is 2. The third kappa shape index (κ3) is 3.58. The van der Waals surface area contributed by atoms with Crippen molar-refractivity contribution in [2.24, 2.45) is 0 Å². The van der Waals surface area contributed by atoms with Gasteiger partial charge < -0.3 is 9.64 Å². The second-order valence-corrected chi connectivity index (χ2v) is 3.57. The van der Waals surface area contributed by atoms with Crippen LogP contribution in [0.4, 0.5) is 8.78 Å². The van der Waals surface area contributed by atoms with Gasteiger partial charge in [-0.1, -0.05) is 0 Å². The first kappa shape index (κ1) is 12.6. The number of esters is 1. The molecule has 0 spiro atoms. The molecule has 0 atom stereocenters. The van der Waals surface area contributed by atoms with Crippen LogP contribution in [0.5, 0.6) is 0 Å². The van der Waals surface area contributed by atoms with Crippen LogP contribution in [0.3, 0.4) is 0 Å². The van der Waals surface area contributed by atoms with Gasteiger partial charge in [0.05, 0.1) is 5.56 Å². The summed E-state index contributed by atoms with van der Waals surface area (Å²) in [4.78, 5) is 13.2. The minimum atomic E-state index is -1.05. The maximum absolute atomic E-state index is 12.8. The Labute approximate surface area is 92.6 Å². The van der Waals surface area contributed by atoms with Crippen LogP contribution in [0.25, 0.3) is 0 Å². The Bertz CT molecular complexity index is 380. The number of hydrogen-bond donors (Lipinski definition) is 0. The molecule has 88 valence electrons. The third-order valence-corrected chi connectivity index (χ3v) is 1.93. The highest BCUT2D eigenvalue weighted by Crippen LogP contribution is 2.09. The van der Waals surface area contributed by atoms with Crippen LogP contribution in [-0.2, 0) is 4.74 Å².